The topological polar surface area (TPSA) is 15.3 Å². The van der Waals surface area contributed by atoms with Crippen LogP contribution in [-0.2, 0) is 0 Å². The van der Waals surface area contributed by atoms with Crippen molar-refractivity contribution in [1.82, 2.24) is 10.2 Å². The average Bonchev–Trinajstić information content (AvgIpc) is 2.63. The molecule has 0 saturated carbocycles. The van der Waals surface area contributed by atoms with E-state index in [4.69, 9.17) is 0 Å². The highest BCUT2D eigenvalue weighted by atomic mass is 32.1. The number of hydrogen-bond donors (Lipinski definition) is 1. The van der Waals surface area contributed by atoms with Crippen molar-refractivity contribution in [3.8, 4) is 0 Å². The van der Waals surface area contributed by atoms with Crippen LogP contribution in [0.3, 0.4) is 0 Å². The molecule has 2 heterocycles. The van der Waals surface area contributed by atoms with E-state index in [1.54, 1.807) is 0 Å². The second-order valence-corrected chi connectivity index (χ2v) is 5.06. The summed E-state index contributed by atoms with van der Waals surface area (Å²) in [6.45, 7) is 7.04. The third-order valence-corrected chi connectivity index (χ3v) is 4.05. The van der Waals surface area contributed by atoms with Crippen molar-refractivity contribution < 1.29 is 0 Å². The molecule has 0 radical (unpaired) electrons. The second-order valence-electron chi connectivity index (χ2n) is 4.08. The van der Waals surface area contributed by atoms with Crippen LogP contribution in [0.25, 0.3) is 0 Å². The largest absolute Gasteiger partial charge is 0.315 e. The van der Waals surface area contributed by atoms with Gasteiger partial charge in [0, 0.05) is 30.6 Å². The molecule has 2 nitrogen and oxygen atoms in total. The Morgan fingerprint density at radius 2 is 2.40 bits per heavy atom. The van der Waals surface area contributed by atoms with Gasteiger partial charge in [0.05, 0.1) is 0 Å². The normalized spacial score (nSPS) is 21.1. The highest BCUT2D eigenvalue weighted by Crippen LogP contribution is 2.28. The number of nitrogens with one attached hydrogen (secondary N) is 1. The minimum absolute atomic E-state index is 0.643. The lowest BCUT2D eigenvalue weighted by molar-refractivity contribution is 0.208. The summed E-state index contributed by atoms with van der Waals surface area (Å²) >= 11 is 1.89. The summed E-state index contributed by atoms with van der Waals surface area (Å²) in [6.07, 6.45) is 2.50. The minimum Gasteiger partial charge on any atom is -0.315 e. The molecule has 1 aromatic heterocycles. The Morgan fingerprint density at radius 3 is 3.13 bits per heavy atom. The summed E-state index contributed by atoms with van der Waals surface area (Å²) in [6, 6.07) is 5.08. The van der Waals surface area contributed by atoms with Gasteiger partial charge in [-0.1, -0.05) is 13.0 Å². The van der Waals surface area contributed by atoms with Gasteiger partial charge in [-0.2, -0.15) is 0 Å². The lowest BCUT2D eigenvalue weighted by atomic mass is 10.1. The molecule has 0 spiro atoms. The molecule has 1 aromatic rings. The second kappa shape index (κ2) is 5.64. The van der Waals surface area contributed by atoms with Crippen LogP contribution < -0.4 is 5.32 Å². The maximum Gasteiger partial charge on any atom is 0.0439 e. The zero-order valence-corrected chi connectivity index (χ0v) is 10.2. The van der Waals surface area contributed by atoms with E-state index >= 15 is 0 Å². The van der Waals surface area contributed by atoms with Crippen molar-refractivity contribution in [2.75, 3.05) is 26.2 Å². The molecule has 84 valence electrons. The van der Waals surface area contributed by atoms with Crippen LogP contribution in [-0.4, -0.2) is 31.1 Å². The van der Waals surface area contributed by atoms with Gasteiger partial charge in [0.15, 0.2) is 0 Å². The molecule has 1 unspecified atom stereocenters. The molecule has 0 aliphatic carbocycles. The zero-order valence-electron chi connectivity index (χ0n) is 9.41. The summed E-state index contributed by atoms with van der Waals surface area (Å²) in [5, 5.41) is 5.65. The molecule has 0 amide bonds. The van der Waals surface area contributed by atoms with E-state index in [1.807, 2.05) is 11.3 Å². The van der Waals surface area contributed by atoms with E-state index < -0.39 is 0 Å². The molecule has 2 rings (SSSR count). The smallest absolute Gasteiger partial charge is 0.0439 e. The first-order chi connectivity index (χ1) is 7.42. The van der Waals surface area contributed by atoms with Gasteiger partial charge in [0.1, 0.15) is 0 Å². The highest BCUT2D eigenvalue weighted by molar-refractivity contribution is 7.10. The molecule has 1 saturated heterocycles. The standard InChI is InChI=1S/C12H20N2S/c1-2-11(12-5-3-10-15-12)14-8-4-6-13-7-9-14/h3,5,10-11,13H,2,4,6-9H2,1H3. The van der Waals surface area contributed by atoms with Crippen molar-refractivity contribution in [2.24, 2.45) is 0 Å². The SMILES string of the molecule is CCC(c1cccs1)N1CCCNCC1. The Morgan fingerprint density at radius 1 is 1.47 bits per heavy atom. The minimum atomic E-state index is 0.643. The van der Waals surface area contributed by atoms with E-state index in [9.17, 15) is 0 Å². The molecule has 3 heteroatoms. The van der Waals surface area contributed by atoms with Crippen molar-refractivity contribution in [3.63, 3.8) is 0 Å². The third kappa shape index (κ3) is 2.80. The number of nitrogens with zero attached hydrogens (tertiary/aromatic N) is 1. The van der Waals surface area contributed by atoms with Crippen LogP contribution >= 0.6 is 11.3 Å². The molecule has 1 aliphatic heterocycles. The number of rotatable bonds is 3. The first-order valence-electron chi connectivity index (χ1n) is 5.90. The van der Waals surface area contributed by atoms with Crippen LogP contribution in [0.1, 0.15) is 30.7 Å². The Labute approximate surface area is 96.3 Å². The van der Waals surface area contributed by atoms with Crippen molar-refractivity contribution in [2.45, 2.75) is 25.8 Å². The summed E-state index contributed by atoms with van der Waals surface area (Å²) in [7, 11) is 0. The number of thiophene rings is 1. The lowest BCUT2D eigenvalue weighted by Gasteiger charge is -2.28. The Kier molecular flexibility index (Phi) is 4.18. The van der Waals surface area contributed by atoms with Gasteiger partial charge in [-0.3, -0.25) is 4.90 Å². The summed E-state index contributed by atoms with van der Waals surface area (Å²) in [4.78, 5) is 4.16. The summed E-state index contributed by atoms with van der Waals surface area (Å²) in [5.74, 6) is 0. The molecule has 1 N–H and O–H groups in total. The van der Waals surface area contributed by atoms with E-state index in [0.29, 0.717) is 6.04 Å². The maximum absolute atomic E-state index is 3.46. The van der Waals surface area contributed by atoms with E-state index in [1.165, 1.54) is 37.4 Å². The fourth-order valence-corrected chi connectivity index (χ4v) is 3.24. The van der Waals surface area contributed by atoms with E-state index in [0.717, 1.165) is 6.54 Å². The van der Waals surface area contributed by atoms with Gasteiger partial charge in [0.25, 0.3) is 0 Å². The molecule has 1 atom stereocenters. The van der Waals surface area contributed by atoms with Gasteiger partial charge in [0.2, 0.25) is 0 Å². The fraction of sp³-hybridized carbons (Fsp3) is 0.667. The predicted octanol–water partition coefficient (Wildman–Crippen LogP) is 2.49. The third-order valence-electron chi connectivity index (χ3n) is 3.07. The van der Waals surface area contributed by atoms with Gasteiger partial charge < -0.3 is 5.32 Å². The van der Waals surface area contributed by atoms with Gasteiger partial charge >= 0.3 is 0 Å². The van der Waals surface area contributed by atoms with Gasteiger partial charge in [-0.25, -0.2) is 0 Å². The van der Waals surface area contributed by atoms with E-state index in [2.05, 4.69) is 34.7 Å². The van der Waals surface area contributed by atoms with Crippen molar-refractivity contribution in [3.05, 3.63) is 22.4 Å². The van der Waals surface area contributed by atoms with Crippen molar-refractivity contribution >= 4 is 11.3 Å². The Balaban J connectivity index is 2.04. The molecular formula is C12H20N2S. The van der Waals surface area contributed by atoms with Crippen LogP contribution in [0.15, 0.2) is 17.5 Å². The predicted molar refractivity (Wildman–Crippen MR) is 66.4 cm³/mol. The molecular weight excluding hydrogens is 204 g/mol. The van der Waals surface area contributed by atoms with Crippen LogP contribution in [0.4, 0.5) is 0 Å². The van der Waals surface area contributed by atoms with Crippen LogP contribution in [0.2, 0.25) is 0 Å². The quantitative estimate of drug-likeness (QED) is 0.848. The molecule has 1 fully saturated rings. The zero-order chi connectivity index (χ0) is 10.5. The molecule has 0 aromatic carbocycles. The Bertz CT molecular complexity index is 263. The lowest BCUT2D eigenvalue weighted by Crippen LogP contribution is -2.31. The highest BCUT2D eigenvalue weighted by Gasteiger charge is 2.19. The van der Waals surface area contributed by atoms with Crippen LogP contribution in [0, 0.1) is 0 Å². The summed E-state index contributed by atoms with van der Waals surface area (Å²) in [5.41, 5.74) is 0. The Hall–Kier alpha value is -0.380. The molecule has 1 aliphatic rings. The first-order valence-corrected chi connectivity index (χ1v) is 6.78. The average molecular weight is 224 g/mol. The summed E-state index contributed by atoms with van der Waals surface area (Å²) < 4.78 is 0. The van der Waals surface area contributed by atoms with Crippen molar-refractivity contribution in [1.29, 1.82) is 0 Å². The number of hydrogen-bond acceptors (Lipinski definition) is 3. The van der Waals surface area contributed by atoms with Gasteiger partial charge in [-0.15, -0.1) is 11.3 Å². The monoisotopic (exact) mass is 224 g/mol. The van der Waals surface area contributed by atoms with E-state index in [-0.39, 0.29) is 0 Å². The molecule has 0 bridgehead atoms. The maximum atomic E-state index is 3.46. The fourth-order valence-electron chi connectivity index (χ4n) is 2.30. The first kappa shape index (κ1) is 11.1. The van der Waals surface area contributed by atoms with Crippen LogP contribution in [0.5, 0.6) is 0 Å². The van der Waals surface area contributed by atoms with Gasteiger partial charge in [-0.05, 0) is 30.8 Å². The molecule has 15 heavy (non-hydrogen) atoms.